The lowest BCUT2D eigenvalue weighted by molar-refractivity contribution is -0.114. The molecule has 1 N–H and O–H groups in total. The molecule has 7 heteroatoms. The van der Waals surface area contributed by atoms with Crippen LogP contribution in [0.3, 0.4) is 0 Å². The summed E-state index contributed by atoms with van der Waals surface area (Å²) in [6, 6.07) is 6.11. The zero-order chi connectivity index (χ0) is 16.2. The van der Waals surface area contributed by atoms with Gasteiger partial charge in [0.05, 0.1) is 12.6 Å². The first-order valence-electron chi connectivity index (χ1n) is 7.75. The van der Waals surface area contributed by atoms with Gasteiger partial charge in [0.2, 0.25) is 5.91 Å². The second-order valence-electron chi connectivity index (χ2n) is 5.84. The number of aromatic nitrogens is 2. The van der Waals surface area contributed by atoms with Crippen LogP contribution >= 0.6 is 0 Å². The first-order valence-corrected chi connectivity index (χ1v) is 7.75. The maximum Gasteiger partial charge on any atom is 0.222 e. The Kier molecular flexibility index (Phi) is 4.78. The molecule has 0 aliphatic carbocycles. The third-order valence-corrected chi connectivity index (χ3v) is 3.92. The number of amides is 1. The van der Waals surface area contributed by atoms with E-state index in [0.29, 0.717) is 18.5 Å². The van der Waals surface area contributed by atoms with Crippen LogP contribution in [0.2, 0.25) is 0 Å². The van der Waals surface area contributed by atoms with Crippen LogP contribution in [0.1, 0.15) is 30.9 Å². The summed E-state index contributed by atoms with van der Waals surface area (Å²) in [7, 11) is 1.66. The number of anilines is 1. The van der Waals surface area contributed by atoms with Crippen molar-refractivity contribution in [3.05, 3.63) is 35.9 Å². The Morgan fingerprint density at radius 3 is 3.04 bits per heavy atom. The van der Waals surface area contributed by atoms with E-state index in [1.807, 2.05) is 29.1 Å². The predicted octanol–water partition coefficient (Wildman–Crippen LogP) is 2.03. The number of carbonyl (C=O) groups excluding carboxylic acids is 1. The quantitative estimate of drug-likeness (QED) is 0.882. The van der Waals surface area contributed by atoms with Crippen molar-refractivity contribution in [3.8, 4) is 0 Å². The highest BCUT2D eigenvalue weighted by atomic mass is 16.5. The van der Waals surface area contributed by atoms with Crippen LogP contribution in [0.15, 0.2) is 28.8 Å². The van der Waals surface area contributed by atoms with Crippen molar-refractivity contribution in [3.63, 3.8) is 0 Å². The molecule has 3 heterocycles. The van der Waals surface area contributed by atoms with Gasteiger partial charge in [0.1, 0.15) is 18.1 Å². The minimum Gasteiger partial charge on any atom is -0.462 e. The van der Waals surface area contributed by atoms with E-state index in [1.165, 1.54) is 6.92 Å². The van der Waals surface area contributed by atoms with Gasteiger partial charge in [0.15, 0.2) is 5.82 Å². The molecular formula is C16H22N4O3. The lowest BCUT2D eigenvalue weighted by Gasteiger charge is -2.14. The zero-order valence-corrected chi connectivity index (χ0v) is 13.5. The number of likely N-dealkylation sites (tertiary alicyclic amines) is 1. The molecule has 1 saturated heterocycles. The summed E-state index contributed by atoms with van der Waals surface area (Å²) >= 11 is 0. The molecule has 1 atom stereocenters. The fourth-order valence-corrected chi connectivity index (χ4v) is 2.91. The number of furan rings is 1. The van der Waals surface area contributed by atoms with Gasteiger partial charge in [-0.1, -0.05) is 0 Å². The number of carbonyl (C=O) groups is 1. The zero-order valence-electron chi connectivity index (χ0n) is 13.5. The lowest BCUT2D eigenvalue weighted by Crippen LogP contribution is -2.21. The fraction of sp³-hybridized carbons (Fsp3) is 0.500. The van der Waals surface area contributed by atoms with E-state index in [4.69, 9.17) is 9.15 Å². The largest absolute Gasteiger partial charge is 0.462 e. The summed E-state index contributed by atoms with van der Waals surface area (Å²) in [4.78, 5) is 13.4. The fourth-order valence-electron chi connectivity index (χ4n) is 2.91. The van der Waals surface area contributed by atoms with Crippen molar-refractivity contribution in [1.82, 2.24) is 14.7 Å². The van der Waals surface area contributed by atoms with Gasteiger partial charge < -0.3 is 14.5 Å². The van der Waals surface area contributed by atoms with E-state index in [1.54, 1.807) is 7.11 Å². The Morgan fingerprint density at radius 2 is 2.26 bits per heavy atom. The Bertz CT molecular complexity index is 664. The topological polar surface area (TPSA) is 72.5 Å². The molecule has 0 saturated carbocycles. The van der Waals surface area contributed by atoms with Gasteiger partial charge in [-0.3, -0.25) is 14.4 Å². The normalized spacial score (nSPS) is 18.4. The molecule has 7 nitrogen and oxygen atoms in total. The molecule has 2 aromatic rings. The van der Waals surface area contributed by atoms with E-state index >= 15 is 0 Å². The second kappa shape index (κ2) is 6.97. The monoisotopic (exact) mass is 318 g/mol. The summed E-state index contributed by atoms with van der Waals surface area (Å²) < 4.78 is 12.7. The van der Waals surface area contributed by atoms with Gasteiger partial charge in [0, 0.05) is 39.4 Å². The first-order chi connectivity index (χ1) is 11.1. The van der Waals surface area contributed by atoms with Gasteiger partial charge in [-0.05, 0) is 18.6 Å². The van der Waals surface area contributed by atoms with Crippen LogP contribution in [-0.4, -0.2) is 40.8 Å². The van der Waals surface area contributed by atoms with Crippen LogP contribution in [-0.2, 0) is 22.7 Å². The van der Waals surface area contributed by atoms with Gasteiger partial charge in [-0.25, -0.2) is 0 Å². The average Bonchev–Trinajstić information content (AvgIpc) is 3.20. The highest BCUT2D eigenvalue weighted by Crippen LogP contribution is 2.24. The number of hydrogen-bond donors (Lipinski definition) is 1. The molecule has 2 aromatic heterocycles. The standard InChI is InChI=1S/C16H22N4O3/c1-12(21)17-16-6-8-20(18-16)13-5-7-19(9-13)10-14-3-4-15(23-14)11-22-2/h3-4,6,8,13H,5,7,9-11H2,1-2H3,(H,17,18,21). The van der Waals surface area contributed by atoms with Gasteiger partial charge in [-0.2, -0.15) is 5.10 Å². The van der Waals surface area contributed by atoms with Gasteiger partial charge >= 0.3 is 0 Å². The van der Waals surface area contributed by atoms with Crippen LogP contribution in [0.4, 0.5) is 5.82 Å². The third kappa shape index (κ3) is 4.00. The van der Waals surface area contributed by atoms with Crippen LogP contribution in [0.25, 0.3) is 0 Å². The Hall–Kier alpha value is -2.12. The van der Waals surface area contributed by atoms with E-state index < -0.39 is 0 Å². The molecule has 1 unspecified atom stereocenters. The summed E-state index contributed by atoms with van der Waals surface area (Å²) in [6.45, 7) is 4.70. The van der Waals surface area contributed by atoms with Crippen LogP contribution < -0.4 is 5.32 Å². The molecule has 124 valence electrons. The average molecular weight is 318 g/mol. The van der Waals surface area contributed by atoms with E-state index in [-0.39, 0.29) is 5.91 Å². The minimum absolute atomic E-state index is 0.104. The molecule has 0 spiro atoms. The second-order valence-corrected chi connectivity index (χ2v) is 5.84. The number of nitrogens with zero attached hydrogens (tertiary/aromatic N) is 3. The van der Waals surface area contributed by atoms with Gasteiger partial charge in [0.25, 0.3) is 0 Å². The smallest absolute Gasteiger partial charge is 0.222 e. The van der Waals surface area contributed by atoms with E-state index in [9.17, 15) is 4.79 Å². The Morgan fingerprint density at radius 1 is 1.43 bits per heavy atom. The summed E-state index contributed by atoms with van der Waals surface area (Å²) in [6.07, 6.45) is 2.95. The number of methoxy groups -OCH3 is 1. The summed E-state index contributed by atoms with van der Waals surface area (Å²) in [5.74, 6) is 2.31. The van der Waals surface area contributed by atoms with E-state index in [0.717, 1.165) is 37.6 Å². The maximum absolute atomic E-state index is 11.1. The van der Waals surface area contributed by atoms with Crippen molar-refractivity contribution in [2.75, 3.05) is 25.5 Å². The van der Waals surface area contributed by atoms with Crippen molar-refractivity contribution in [2.24, 2.45) is 0 Å². The Balaban J connectivity index is 1.55. The van der Waals surface area contributed by atoms with Crippen molar-refractivity contribution in [2.45, 2.75) is 32.5 Å². The summed E-state index contributed by atoms with van der Waals surface area (Å²) in [5.41, 5.74) is 0. The molecule has 1 amide bonds. The molecule has 1 fully saturated rings. The molecule has 0 bridgehead atoms. The van der Waals surface area contributed by atoms with E-state index in [2.05, 4.69) is 15.3 Å². The highest BCUT2D eigenvalue weighted by Gasteiger charge is 2.25. The van der Waals surface area contributed by atoms with Crippen molar-refractivity contribution >= 4 is 11.7 Å². The number of ether oxygens (including phenoxy) is 1. The van der Waals surface area contributed by atoms with Crippen molar-refractivity contribution in [1.29, 1.82) is 0 Å². The molecule has 3 rings (SSSR count). The third-order valence-electron chi connectivity index (χ3n) is 3.92. The highest BCUT2D eigenvalue weighted by molar-refractivity contribution is 5.87. The number of rotatable bonds is 6. The van der Waals surface area contributed by atoms with Gasteiger partial charge in [-0.15, -0.1) is 0 Å². The SMILES string of the molecule is COCc1ccc(CN2CCC(n3ccc(NC(C)=O)n3)C2)o1. The molecular weight excluding hydrogens is 296 g/mol. The number of nitrogens with one attached hydrogen (secondary N) is 1. The minimum atomic E-state index is -0.104. The molecule has 23 heavy (non-hydrogen) atoms. The van der Waals surface area contributed by atoms with Crippen LogP contribution in [0.5, 0.6) is 0 Å². The number of hydrogen-bond acceptors (Lipinski definition) is 5. The van der Waals surface area contributed by atoms with Crippen molar-refractivity contribution < 1.29 is 13.9 Å². The maximum atomic E-state index is 11.1. The molecule has 0 aromatic carbocycles. The molecule has 0 radical (unpaired) electrons. The first kappa shape index (κ1) is 15.8. The molecule has 1 aliphatic heterocycles. The van der Waals surface area contributed by atoms with Crippen LogP contribution in [0, 0.1) is 0 Å². The summed E-state index contributed by atoms with van der Waals surface area (Å²) in [5, 5.41) is 7.12. The molecule has 1 aliphatic rings. The predicted molar refractivity (Wildman–Crippen MR) is 84.9 cm³/mol. The lowest BCUT2D eigenvalue weighted by atomic mass is 10.3. The Labute approximate surface area is 135 Å².